The lowest BCUT2D eigenvalue weighted by atomic mass is 10.1. The molecule has 4 heterocycles. The van der Waals surface area contributed by atoms with E-state index in [-0.39, 0.29) is 5.91 Å². The van der Waals surface area contributed by atoms with E-state index in [4.69, 9.17) is 0 Å². The van der Waals surface area contributed by atoms with E-state index in [0.29, 0.717) is 17.8 Å². The number of benzene rings is 1. The Balaban J connectivity index is 1.30. The third-order valence-corrected chi connectivity index (χ3v) is 5.66. The molecule has 1 aromatic carbocycles. The number of nitrogens with one attached hydrogen (secondary N) is 1. The van der Waals surface area contributed by atoms with Crippen LogP contribution in [0.15, 0.2) is 67.1 Å². The Morgan fingerprint density at radius 1 is 0.935 bits per heavy atom. The van der Waals surface area contributed by atoms with Gasteiger partial charge in [0.1, 0.15) is 11.4 Å². The molecule has 0 aliphatic carbocycles. The minimum Gasteiger partial charge on any atom is -0.357 e. The number of nitrogens with zero attached hydrogens (tertiary/aromatic N) is 5. The Labute approximate surface area is 180 Å². The summed E-state index contributed by atoms with van der Waals surface area (Å²) in [5, 5.41) is 7.38. The summed E-state index contributed by atoms with van der Waals surface area (Å²) in [5.74, 6) is 0.808. The summed E-state index contributed by atoms with van der Waals surface area (Å²) < 4.78 is 1.71. The molecular weight excluding hydrogens is 388 g/mol. The van der Waals surface area contributed by atoms with Crippen LogP contribution in [0.5, 0.6) is 0 Å². The first kappa shape index (κ1) is 19.2. The second-order valence-corrected chi connectivity index (χ2v) is 7.74. The van der Waals surface area contributed by atoms with Gasteiger partial charge >= 0.3 is 0 Å². The van der Waals surface area contributed by atoms with Crippen LogP contribution >= 0.6 is 0 Å². The van der Waals surface area contributed by atoms with E-state index in [9.17, 15) is 4.79 Å². The van der Waals surface area contributed by atoms with E-state index in [1.165, 1.54) is 19.3 Å². The van der Waals surface area contributed by atoms with Gasteiger partial charge in [0, 0.05) is 37.6 Å². The van der Waals surface area contributed by atoms with Gasteiger partial charge in [-0.05, 0) is 37.0 Å². The standard InChI is InChI=1S/C24H24N6O/c31-24(27-16-18-9-10-22(26-15-18)29-13-5-2-6-14-29)20-17-28-30-21(11-12-25-23(20)30)19-7-3-1-4-8-19/h1,3-4,7-12,15,17H,2,5-6,13-14,16H2,(H,27,31). The number of aromatic nitrogens is 4. The number of pyridine rings is 1. The highest BCUT2D eigenvalue weighted by molar-refractivity contribution is 5.99. The number of carbonyl (C=O) groups is 1. The summed E-state index contributed by atoms with van der Waals surface area (Å²) in [7, 11) is 0. The lowest BCUT2D eigenvalue weighted by Crippen LogP contribution is -2.30. The smallest absolute Gasteiger partial charge is 0.257 e. The first-order valence-corrected chi connectivity index (χ1v) is 10.7. The summed E-state index contributed by atoms with van der Waals surface area (Å²) in [6.45, 7) is 2.54. The molecule has 3 aromatic heterocycles. The van der Waals surface area contributed by atoms with Crippen molar-refractivity contribution in [2.45, 2.75) is 25.8 Å². The van der Waals surface area contributed by atoms with Crippen LogP contribution in [0, 0.1) is 0 Å². The average Bonchev–Trinajstić information content (AvgIpc) is 3.28. The molecule has 156 valence electrons. The fourth-order valence-corrected chi connectivity index (χ4v) is 3.99. The minimum absolute atomic E-state index is 0.201. The van der Waals surface area contributed by atoms with Gasteiger partial charge < -0.3 is 10.2 Å². The van der Waals surface area contributed by atoms with Gasteiger partial charge in [-0.25, -0.2) is 14.5 Å². The van der Waals surface area contributed by atoms with Crippen LogP contribution < -0.4 is 10.2 Å². The van der Waals surface area contributed by atoms with Crippen molar-refractivity contribution in [2.75, 3.05) is 18.0 Å². The zero-order chi connectivity index (χ0) is 21.0. The monoisotopic (exact) mass is 412 g/mol. The number of amides is 1. The number of piperidine rings is 1. The van der Waals surface area contributed by atoms with Crippen molar-refractivity contribution in [2.24, 2.45) is 0 Å². The normalized spacial score (nSPS) is 14.0. The summed E-state index contributed by atoms with van der Waals surface area (Å²) in [4.78, 5) is 24.1. The minimum atomic E-state index is -0.201. The molecule has 1 amide bonds. The van der Waals surface area contributed by atoms with Gasteiger partial charge in [0.05, 0.1) is 11.9 Å². The van der Waals surface area contributed by atoms with E-state index in [1.807, 2.05) is 54.7 Å². The molecule has 1 aliphatic rings. The lowest BCUT2D eigenvalue weighted by molar-refractivity contribution is 0.0952. The van der Waals surface area contributed by atoms with Gasteiger partial charge in [-0.3, -0.25) is 4.79 Å². The highest BCUT2D eigenvalue weighted by atomic mass is 16.1. The third-order valence-electron chi connectivity index (χ3n) is 5.66. The quantitative estimate of drug-likeness (QED) is 0.541. The first-order chi connectivity index (χ1) is 15.3. The molecule has 0 radical (unpaired) electrons. The molecule has 0 spiro atoms. The number of hydrogen-bond donors (Lipinski definition) is 1. The van der Waals surface area contributed by atoms with Crippen molar-refractivity contribution in [1.82, 2.24) is 24.9 Å². The Morgan fingerprint density at radius 2 is 1.77 bits per heavy atom. The number of fused-ring (bicyclic) bond motifs is 1. The third kappa shape index (κ3) is 3.99. The van der Waals surface area contributed by atoms with E-state index in [1.54, 1.807) is 16.9 Å². The van der Waals surface area contributed by atoms with Gasteiger partial charge in [0.15, 0.2) is 5.65 Å². The van der Waals surface area contributed by atoms with Crippen LogP contribution in [-0.4, -0.2) is 38.6 Å². The van der Waals surface area contributed by atoms with Gasteiger partial charge in [-0.1, -0.05) is 36.4 Å². The van der Waals surface area contributed by atoms with Crippen molar-refractivity contribution in [1.29, 1.82) is 0 Å². The largest absolute Gasteiger partial charge is 0.357 e. The van der Waals surface area contributed by atoms with Crippen LogP contribution in [0.1, 0.15) is 35.2 Å². The second-order valence-electron chi connectivity index (χ2n) is 7.74. The second kappa shape index (κ2) is 8.55. The van der Waals surface area contributed by atoms with Gasteiger partial charge in [-0.15, -0.1) is 0 Å². The molecule has 31 heavy (non-hydrogen) atoms. The van der Waals surface area contributed by atoms with E-state index >= 15 is 0 Å². The Morgan fingerprint density at radius 3 is 2.55 bits per heavy atom. The zero-order valence-electron chi connectivity index (χ0n) is 17.2. The Bertz CT molecular complexity index is 1180. The maximum absolute atomic E-state index is 12.8. The molecule has 7 heteroatoms. The Kier molecular flexibility index (Phi) is 5.31. The molecule has 4 aromatic rings. The van der Waals surface area contributed by atoms with Crippen LogP contribution in [-0.2, 0) is 6.54 Å². The number of anilines is 1. The Hall–Kier alpha value is -3.74. The average molecular weight is 412 g/mol. The highest BCUT2D eigenvalue weighted by Gasteiger charge is 2.16. The number of carbonyl (C=O) groups excluding carboxylic acids is 1. The summed E-state index contributed by atoms with van der Waals surface area (Å²) in [5.41, 5.74) is 3.86. The van der Waals surface area contributed by atoms with Crippen LogP contribution in [0.4, 0.5) is 5.82 Å². The van der Waals surface area contributed by atoms with Crippen LogP contribution in [0.2, 0.25) is 0 Å². The van der Waals surface area contributed by atoms with E-state index in [2.05, 4.69) is 25.3 Å². The summed E-state index contributed by atoms with van der Waals surface area (Å²) in [6.07, 6.45) is 8.86. The van der Waals surface area contributed by atoms with Crippen molar-refractivity contribution in [3.05, 3.63) is 78.2 Å². The summed E-state index contributed by atoms with van der Waals surface area (Å²) >= 11 is 0. The molecule has 1 N–H and O–H groups in total. The summed E-state index contributed by atoms with van der Waals surface area (Å²) in [6, 6.07) is 15.9. The molecule has 7 nitrogen and oxygen atoms in total. The molecule has 1 aliphatic heterocycles. The predicted molar refractivity (Wildman–Crippen MR) is 120 cm³/mol. The van der Waals surface area contributed by atoms with Crippen molar-refractivity contribution < 1.29 is 4.79 Å². The van der Waals surface area contributed by atoms with Crippen molar-refractivity contribution in [3.63, 3.8) is 0 Å². The molecular formula is C24H24N6O. The first-order valence-electron chi connectivity index (χ1n) is 10.7. The van der Waals surface area contributed by atoms with Crippen molar-refractivity contribution >= 4 is 17.4 Å². The maximum Gasteiger partial charge on any atom is 0.257 e. The van der Waals surface area contributed by atoms with E-state index < -0.39 is 0 Å². The molecule has 0 saturated carbocycles. The molecule has 1 fully saturated rings. The van der Waals surface area contributed by atoms with Gasteiger partial charge in [0.2, 0.25) is 0 Å². The molecule has 0 atom stereocenters. The SMILES string of the molecule is O=C(NCc1ccc(N2CCCCC2)nc1)c1cnn2c(-c3ccccc3)ccnc12. The predicted octanol–water partition coefficient (Wildman–Crippen LogP) is 3.71. The molecule has 1 saturated heterocycles. The number of rotatable bonds is 5. The number of hydrogen-bond acceptors (Lipinski definition) is 5. The van der Waals surface area contributed by atoms with Crippen LogP contribution in [0.3, 0.4) is 0 Å². The van der Waals surface area contributed by atoms with Crippen molar-refractivity contribution in [3.8, 4) is 11.3 Å². The van der Waals surface area contributed by atoms with E-state index in [0.717, 1.165) is 35.7 Å². The van der Waals surface area contributed by atoms with Crippen LogP contribution in [0.25, 0.3) is 16.9 Å². The maximum atomic E-state index is 12.8. The fraction of sp³-hybridized carbons (Fsp3) is 0.250. The highest BCUT2D eigenvalue weighted by Crippen LogP contribution is 2.21. The molecule has 5 rings (SSSR count). The fourth-order valence-electron chi connectivity index (χ4n) is 3.99. The molecule has 0 unspecified atom stereocenters. The zero-order valence-corrected chi connectivity index (χ0v) is 17.2. The van der Waals surface area contributed by atoms with Gasteiger partial charge in [-0.2, -0.15) is 5.10 Å². The topological polar surface area (TPSA) is 75.4 Å². The lowest BCUT2D eigenvalue weighted by Gasteiger charge is -2.27. The molecule has 0 bridgehead atoms. The van der Waals surface area contributed by atoms with Gasteiger partial charge in [0.25, 0.3) is 5.91 Å².